The second-order valence-corrected chi connectivity index (χ2v) is 5.59. The minimum atomic E-state index is 0.234. The Labute approximate surface area is 114 Å². The zero-order valence-electron chi connectivity index (χ0n) is 11.3. The van der Waals surface area contributed by atoms with Gasteiger partial charge in [-0.25, -0.2) is 0 Å². The Bertz CT molecular complexity index is 411. The molecule has 2 aliphatic heterocycles. The summed E-state index contributed by atoms with van der Waals surface area (Å²) in [6.07, 6.45) is 8.00. The number of piperidine rings is 2. The normalized spacial score (nSPS) is 25.5. The van der Waals surface area contributed by atoms with Crippen LogP contribution in [0.2, 0.25) is 0 Å². The van der Waals surface area contributed by atoms with E-state index < -0.39 is 0 Å². The molecule has 0 saturated carbocycles. The molecule has 19 heavy (non-hydrogen) atoms. The van der Waals surface area contributed by atoms with Gasteiger partial charge in [-0.2, -0.15) is 5.10 Å². The fourth-order valence-corrected chi connectivity index (χ4v) is 3.19. The lowest BCUT2D eigenvalue weighted by Crippen LogP contribution is -2.46. The molecule has 1 N–H and O–H groups in total. The van der Waals surface area contributed by atoms with Gasteiger partial charge < -0.3 is 10.2 Å². The first-order valence-electron chi connectivity index (χ1n) is 7.33. The molecule has 0 aliphatic carbocycles. The van der Waals surface area contributed by atoms with Crippen molar-refractivity contribution in [3.8, 4) is 0 Å². The number of likely N-dealkylation sites (tertiary alicyclic amines) is 1. The summed E-state index contributed by atoms with van der Waals surface area (Å²) in [5.74, 6) is 0.593. The largest absolute Gasteiger partial charge is 0.340 e. The highest BCUT2D eigenvalue weighted by molar-refractivity contribution is 5.79. The molecule has 0 aromatic carbocycles. The third kappa shape index (κ3) is 2.81. The topological polar surface area (TPSA) is 50.2 Å². The summed E-state index contributed by atoms with van der Waals surface area (Å²) in [7, 11) is 0. The summed E-state index contributed by atoms with van der Waals surface area (Å²) >= 11 is 0. The van der Waals surface area contributed by atoms with Gasteiger partial charge in [-0.15, -0.1) is 0 Å². The molecule has 2 aliphatic rings. The van der Waals surface area contributed by atoms with E-state index in [0.29, 0.717) is 11.9 Å². The van der Waals surface area contributed by atoms with Gasteiger partial charge in [-0.3, -0.25) is 9.48 Å². The predicted octanol–water partition coefficient (Wildman–Crippen LogP) is 1.05. The van der Waals surface area contributed by atoms with Gasteiger partial charge in [0.1, 0.15) is 0 Å². The Morgan fingerprint density at radius 1 is 1.26 bits per heavy atom. The van der Waals surface area contributed by atoms with Crippen LogP contribution < -0.4 is 5.32 Å². The van der Waals surface area contributed by atoms with Crippen LogP contribution in [0.3, 0.4) is 0 Å². The molecule has 0 spiro atoms. The molecule has 1 atom stereocenters. The first kappa shape index (κ1) is 12.7. The van der Waals surface area contributed by atoms with E-state index in [2.05, 4.69) is 15.3 Å². The van der Waals surface area contributed by atoms with E-state index in [4.69, 9.17) is 0 Å². The summed E-state index contributed by atoms with van der Waals surface area (Å²) in [5.41, 5.74) is 0. The van der Waals surface area contributed by atoms with Crippen molar-refractivity contribution in [1.29, 1.82) is 0 Å². The SMILES string of the molecule is O=C(C1CCNCC1)N1CCCC(n2cccn2)C1. The summed E-state index contributed by atoms with van der Waals surface area (Å²) < 4.78 is 2.00. The van der Waals surface area contributed by atoms with Crippen LogP contribution in [-0.2, 0) is 4.79 Å². The molecule has 1 amide bonds. The van der Waals surface area contributed by atoms with Crippen molar-refractivity contribution in [2.75, 3.05) is 26.2 Å². The van der Waals surface area contributed by atoms with Crippen LogP contribution in [0.4, 0.5) is 0 Å². The van der Waals surface area contributed by atoms with Crippen LogP contribution in [0, 0.1) is 5.92 Å². The Hall–Kier alpha value is -1.36. The number of hydrogen-bond acceptors (Lipinski definition) is 3. The number of carbonyl (C=O) groups is 1. The zero-order chi connectivity index (χ0) is 13.1. The molecule has 0 radical (unpaired) electrons. The number of aromatic nitrogens is 2. The van der Waals surface area contributed by atoms with E-state index in [1.54, 1.807) is 0 Å². The van der Waals surface area contributed by atoms with Gasteiger partial charge >= 0.3 is 0 Å². The molecule has 2 fully saturated rings. The van der Waals surface area contributed by atoms with Crippen LogP contribution in [0.1, 0.15) is 31.7 Å². The average molecular weight is 262 g/mol. The molecular weight excluding hydrogens is 240 g/mol. The molecule has 3 rings (SSSR count). The lowest BCUT2D eigenvalue weighted by molar-refractivity contribution is -0.138. The van der Waals surface area contributed by atoms with E-state index in [1.165, 1.54) is 0 Å². The van der Waals surface area contributed by atoms with Gasteiger partial charge in [0.2, 0.25) is 5.91 Å². The van der Waals surface area contributed by atoms with Gasteiger partial charge in [0, 0.05) is 31.4 Å². The van der Waals surface area contributed by atoms with Crippen LogP contribution in [-0.4, -0.2) is 46.8 Å². The van der Waals surface area contributed by atoms with Gasteiger partial charge in [0.15, 0.2) is 0 Å². The number of rotatable bonds is 2. The lowest BCUT2D eigenvalue weighted by atomic mass is 9.95. The number of carbonyl (C=O) groups excluding carboxylic acids is 1. The lowest BCUT2D eigenvalue weighted by Gasteiger charge is -2.36. The summed E-state index contributed by atoms with van der Waals surface area (Å²) in [5, 5.41) is 7.63. The maximum Gasteiger partial charge on any atom is 0.225 e. The second-order valence-electron chi connectivity index (χ2n) is 5.59. The summed E-state index contributed by atoms with van der Waals surface area (Å²) in [6.45, 7) is 3.70. The van der Waals surface area contributed by atoms with Gasteiger partial charge in [-0.1, -0.05) is 0 Å². The van der Waals surface area contributed by atoms with E-state index in [-0.39, 0.29) is 5.92 Å². The van der Waals surface area contributed by atoms with Crippen LogP contribution in [0.25, 0.3) is 0 Å². The van der Waals surface area contributed by atoms with Gasteiger partial charge in [0.05, 0.1) is 6.04 Å². The van der Waals surface area contributed by atoms with Crippen molar-refractivity contribution in [3.63, 3.8) is 0 Å². The minimum Gasteiger partial charge on any atom is -0.340 e. The van der Waals surface area contributed by atoms with Gasteiger partial charge in [-0.05, 0) is 44.8 Å². The minimum absolute atomic E-state index is 0.234. The van der Waals surface area contributed by atoms with E-state index in [0.717, 1.165) is 51.9 Å². The molecule has 3 heterocycles. The van der Waals surface area contributed by atoms with Gasteiger partial charge in [0.25, 0.3) is 0 Å². The van der Waals surface area contributed by atoms with E-state index in [1.807, 2.05) is 23.1 Å². The number of hydrogen-bond donors (Lipinski definition) is 1. The van der Waals surface area contributed by atoms with Crippen LogP contribution in [0.15, 0.2) is 18.5 Å². The highest BCUT2D eigenvalue weighted by Crippen LogP contribution is 2.24. The van der Waals surface area contributed by atoms with Crippen molar-refractivity contribution < 1.29 is 4.79 Å². The molecule has 1 aromatic heterocycles. The Morgan fingerprint density at radius 3 is 2.84 bits per heavy atom. The molecule has 0 bridgehead atoms. The van der Waals surface area contributed by atoms with E-state index in [9.17, 15) is 4.79 Å². The maximum atomic E-state index is 12.5. The first-order chi connectivity index (χ1) is 9.34. The van der Waals surface area contributed by atoms with E-state index >= 15 is 0 Å². The Balaban J connectivity index is 1.62. The Kier molecular flexibility index (Phi) is 3.82. The number of nitrogens with zero attached hydrogens (tertiary/aromatic N) is 3. The number of amides is 1. The third-order valence-electron chi connectivity index (χ3n) is 4.30. The Morgan fingerprint density at radius 2 is 2.11 bits per heavy atom. The van der Waals surface area contributed by atoms with Crippen molar-refractivity contribution in [3.05, 3.63) is 18.5 Å². The highest BCUT2D eigenvalue weighted by Gasteiger charge is 2.30. The fraction of sp³-hybridized carbons (Fsp3) is 0.714. The predicted molar refractivity (Wildman–Crippen MR) is 72.7 cm³/mol. The summed E-state index contributed by atoms with van der Waals surface area (Å²) in [4.78, 5) is 14.6. The molecular formula is C14H22N4O. The molecule has 2 saturated heterocycles. The summed E-state index contributed by atoms with van der Waals surface area (Å²) in [6, 6.07) is 2.31. The standard InChI is InChI=1S/C14H22N4O/c19-14(12-4-7-15-8-5-12)17-9-1-3-13(11-17)18-10-2-6-16-18/h2,6,10,12-13,15H,1,3-5,7-9,11H2. The van der Waals surface area contributed by atoms with Crippen LogP contribution in [0.5, 0.6) is 0 Å². The average Bonchev–Trinajstić information content (AvgIpc) is 3.02. The molecule has 5 heteroatoms. The molecule has 5 nitrogen and oxygen atoms in total. The fourth-order valence-electron chi connectivity index (χ4n) is 3.19. The van der Waals surface area contributed by atoms with Crippen molar-refractivity contribution in [2.45, 2.75) is 31.7 Å². The maximum absolute atomic E-state index is 12.5. The monoisotopic (exact) mass is 262 g/mol. The number of nitrogens with one attached hydrogen (secondary N) is 1. The van der Waals surface area contributed by atoms with Crippen molar-refractivity contribution in [1.82, 2.24) is 20.0 Å². The molecule has 1 unspecified atom stereocenters. The molecule has 1 aromatic rings. The molecule has 104 valence electrons. The quantitative estimate of drug-likeness (QED) is 0.866. The van der Waals surface area contributed by atoms with Crippen molar-refractivity contribution in [2.24, 2.45) is 5.92 Å². The smallest absolute Gasteiger partial charge is 0.225 e. The van der Waals surface area contributed by atoms with Crippen molar-refractivity contribution >= 4 is 5.91 Å². The van der Waals surface area contributed by atoms with Crippen LogP contribution >= 0.6 is 0 Å². The highest BCUT2D eigenvalue weighted by atomic mass is 16.2. The second kappa shape index (κ2) is 5.74. The first-order valence-corrected chi connectivity index (χ1v) is 7.33. The third-order valence-corrected chi connectivity index (χ3v) is 4.30. The zero-order valence-corrected chi connectivity index (χ0v) is 11.3.